The molecule has 0 aliphatic carbocycles. The number of methoxy groups -OCH3 is 2. The van der Waals surface area contributed by atoms with Crippen LogP contribution in [0.25, 0.3) is 11.4 Å². The van der Waals surface area contributed by atoms with Gasteiger partial charge in [0.2, 0.25) is 0 Å². The topological polar surface area (TPSA) is 64.2 Å². The molecule has 5 heteroatoms. The molecule has 1 heterocycles. The highest BCUT2D eigenvalue weighted by Gasteiger charge is 2.13. The van der Waals surface area contributed by atoms with Crippen LogP contribution in [0.15, 0.2) is 18.2 Å². The number of carbonyl (C=O) groups is 1. The fraction of sp³-hybridized carbons (Fsp3) is 0.286. The molecule has 0 spiro atoms. The number of H-pyrrole nitrogens is 1. The van der Waals surface area contributed by atoms with Crippen LogP contribution < -0.4 is 9.47 Å². The van der Waals surface area contributed by atoms with E-state index in [0.717, 1.165) is 11.3 Å². The summed E-state index contributed by atoms with van der Waals surface area (Å²) in [6, 6.07) is 5.49. The normalized spacial score (nSPS) is 10.3. The average Bonchev–Trinajstić information content (AvgIpc) is 2.80. The Morgan fingerprint density at radius 2 is 1.89 bits per heavy atom. The molecular formula is C14H16N2O3. The van der Waals surface area contributed by atoms with Gasteiger partial charge in [-0.15, -0.1) is 0 Å². The Morgan fingerprint density at radius 3 is 2.42 bits per heavy atom. The molecule has 0 fully saturated rings. The van der Waals surface area contributed by atoms with Crippen LogP contribution in [0.1, 0.15) is 23.1 Å². The van der Waals surface area contributed by atoms with E-state index in [0.29, 0.717) is 23.0 Å². The number of carbonyl (C=O) groups excluding carboxylic acids is 1. The number of aryl methyl sites for hydroxylation is 1. The van der Waals surface area contributed by atoms with Crippen LogP contribution in [0.2, 0.25) is 0 Å². The van der Waals surface area contributed by atoms with Crippen molar-refractivity contribution in [3.05, 3.63) is 29.6 Å². The maximum Gasteiger partial charge on any atom is 0.179 e. The van der Waals surface area contributed by atoms with E-state index in [1.54, 1.807) is 20.3 Å². The largest absolute Gasteiger partial charge is 0.493 e. The number of aromatic nitrogens is 2. The summed E-state index contributed by atoms with van der Waals surface area (Å²) >= 11 is 0. The zero-order valence-electron chi connectivity index (χ0n) is 11.4. The number of hydrogen-bond donors (Lipinski definition) is 1. The van der Waals surface area contributed by atoms with Gasteiger partial charge in [-0.25, -0.2) is 4.98 Å². The molecule has 0 saturated carbocycles. The highest BCUT2D eigenvalue weighted by atomic mass is 16.5. The summed E-state index contributed by atoms with van der Waals surface area (Å²) < 4.78 is 10.4. The predicted octanol–water partition coefficient (Wildman–Crippen LogP) is 2.60. The van der Waals surface area contributed by atoms with Crippen molar-refractivity contribution in [1.29, 1.82) is 0 Å². The Balaban J connectivity index is 2.47. The second-order valence-electron chi connectivity index (χ2n) is 4.18. The summed E-state index contributed by atoms with van der Waals surface area (Å²) in [7, 11) is 3.17. The van der Waals surface area contributed by atoms with Crippen LogP contribution in [0.5, 0.6) is 11.5 Å². The average molecular weight is 260 g/mol. The Morgan fingerprint density at radius 1 is 1.21 bits per heavy atom. The maximum absolute atomic E-state index is 11.4. The number of ether oxygens (including phenoxy) is 2. The molecule has 0 saturated heterocycles. The molecule has 0 atom stereocenters. The Bertz CT molecular complexity index is 617. The summed E-state index contributed by atoms with van der Waals surface area (Å²) in [4.78, 5) is 18.8. The first kappa shape index (κ1) is 13.1. The zero-order chi connectivity index (χ0) is 14.0. The number of nitrogens with one attached hydrogen (secondary N) is 1. The van der Waals surface area contributed by atoms with Crippen LogP contribution in [0.3, 0.4) is 0 Å². The van der Waals surface area contributed by atoms with E-state index >= 15 is 0 Å². The summed E-state index contributed by atoms with van der Waals surface area (Å²) in [6.45, 7) is 3.33. The van der Waals surface area contributed by atoms with Gasteiger partial charge in [-0.2, -0.15) is 0 Å². The van der Waals surface area contributed by atoms with Gasteiger partial charge >= 0.3 is 0 Å². The second-order valence-corrected chi connectivity index (χ2v) is 4.18. The molecule has 19 heavy (non-hydrogen) atoms. The van der Waals surface area contributed by atoms with Gasteiger partial charge in [-0.1, -0.05) is 0 Å². The zero-order valence-corrected chi connectivity index (χ0v) is 11.4. The first-order valence-electron chi connectivity index (χ1n) is 5.86. The number of imidazole rings is 1. The highest BCUT2D eigenvalue weighted by Crippen LogP contribution is 2.31. The van der Waals surface area contributed by atoms with Crippen molar-refractivity contribution in [3.63, 3.8) is 0 Å². The standard InChI is InChI=1S/C14H16N2O3/c1-8-13(9(2)17)16-14(15-8)10-5-6-11(18-3)12(7-10)19-4/h5-7H,1-4H3,(H,15,16). The van der Waals surface area contributed by atoms with Crippen molar-refractivity contribution in [3.8, 4) is 22.9 Å². The van der Waals surface area contributed by atoms with E-state index < -0.39 is 0 Å². The third-order valence-corrected chi connectivity index (χ3v) is 2.88. The Hall–Kier alpha value is -2.30. The van der Waals surface area contributed by atoms with Crippen molar-refractivity contribution >= 4 is 5.78 Å². The van der Waals surface area contributed by atoms with Gasteiger partial charge in [0.15, 0.2) is 17.3 Å². The Kier molecular flexibility index (Phi) is 3.55. The third kappa shape index (κ3) is 2.45. The molecule has 2 aromatic rings. The van der Waals surface area contributed by atoms with Gasteiger partial charge in [0.05, 0.1) is 14.2 Å². The van der Waals surface area contributed by atoms with Crippen LogP contribution in [-0.4, -0.2) is 30.0 Å². The van der Waals surface area contributed by atoms with Crippen LogP contribution in [-0.2, 0) is 0 Å². The lowest BCUT2D eigenvalue weighted by molar-refractivity contribution is 0.101. The molecular weight excluding hydrogens is 244 g/mol. The van der Waals surface area contributed by atoms with Gasteiger partial charge in [0.25, 0.3) is 0 Å². The quantitative estimate of drug-likeness (QED) is 0.858. The first-order valence-corrected chi connectivity index (χ1v) is 5.86. The highest BCUT2D eigenvalue weighted by molar-refractivity contribution is 5.93. The van der Waals surface area contributed by atoms with Gasteiger partial charge in [-0.3, -0.25) is 4.79 Å². The molecule has 0 radical (unpaired) electrons. The minimum atomic E-state index is -0.0551. The van der Waals surface area contributed by atoms with Crippen LogP contribution in [0, 0.1) is 6.92 Å². The van der Waals surface area contributed by atoms with E-state index in [4.69, 9.17) is 9.47 Å². The molecule has 0 amide bonds. The van der Waals surface area contributed by atoms with Gasteiger partial charge < -0.3 is 14.5 Å². The van der Waals surface area contributed by atoms with Crippen molar-refractivity contribution in [2.24, 2.45) is 0 Å². The summed E-state index contributed by atoms with van der Waals surface area (Å²) in [5, 5.41) is 0. The lowest BCUT2D eigenvalue weighted by atomic mass is 10.2. The number of aromatic amines is 1. The SMILES string of the molecule is COc1ccc(-c2nc(C(C)=O)c(C)[nH]2)cc1OC. The van der Waals surface area contributed by atoms with Crippen molar-refractivity contribution in [1.82, 2.24) is 9.97 Å². The number of ketones is 1. The Labute approximate surface area is 111 Å². The fourth-order valence-electron chi connectivity index (χ4n) is 1.92. The lowest BCUT2D eigenvalue weighted by Crippen LogP contribution is -1.94. The first-order chi connectivity index (χ1) is 9.06. The molecule has 1 N–H and O–H groups in total. The third-order valence-electron chi connectivity index (χ3n) is 2.88. The van der Waals surface area contributed by atoms with E-state index in [9.17, 15) is 4.79 Å². The minimum Gasteiger partial charge on any atom is -0.493 e. The summed E-state index contributed by atoms with van der Waals surface area (Å²) in [5.74, 6) is 1.86. The lowest BCUT2D eigenvalue weighted by Gasteiger charge is -2.08. The molecule has 100 valence electrons. The fourth-order valence-corrected chi connectivity index (χ4v) is 1.92. The summed E-state index contributed by atoms with van der Waals surface area (Å²) in [6.07, 6.45) is 0. The van der Waals surface area contributed by atoms with Gasteiger partial charge in [0, 0.05) is 18.2 Å². The smallest absolute Gasteiger partial charge is 0.179 e. The molecule has 0 aliphatic rings. The van der Waals surface area contributed by atoms with E-state index in [1.807, 2.05) is 19.1 Å². The molecule has 1 aromatic carbocycles. The molecule has 0 bridgehead atoms. The second kappa shape index (κ2) is 5.14. The van der Waals surface area contributed by atoms with E-state index in [-0.39, 0.29) is 5.78 Å². The monoisotopic (exact) mass is 260 g/mol. The van der Waals surface area contributed by atoms with Crippen LogP contribution >= 0.6 is 0 Å². The predicted molar refractivity (Wildman–Crippen MR) is 71.9 cm³/mol. The maximum atomic E-state index is 11.4. The molecule has 0 aliphatic heterocycles. The molecule has 5 nitrogen and oxygen atoms in total. The summed E-state index contributed by atoms with van der Waals surface area (Å²) in [5.41, 5.74) is 2.07. The number of benzene rings is 1. The minimum absolute atomic E-state index is 0.0551. The molecule has 0 unspecified atom stereocenters. The van der Waals surface area contributed by atoms with Crippen molar-refractivity contribution in [2.45, 2.75) is 13.8 Å². The van der Waals surface area contributed by atoms with E-state index in [2.05, 4.69) is 9.97 Å². The molecule has 2 rings (SSSR count). The number of Topliss-reactive ketones (excluding diaryl/α,β-unsaturated/α-hetero) is 1. The number of hydrogen-bond acceptors (Lipinski definition) is 4. The van der Waals surface area contributed by atoms with Crippen molar-refractivity contribution in [2.75, 3.05) is 14.2 Å². The van der Waals surface area contributed by atoms with Crippen LogP contribution in [0.4, 0.5) is 0 Å². The van der Waals surface area contributed by atoms with Gasteiger partial charge in [0.1, 0.15) is 11.5 Å². The van der Waals surface area contributed by atoms with Gasteiger partial charge in [-0.05, 0) is 25.1 Å². The number of nitrogens with zero attached hydrogens (tertiary/aromatic N) is 1. The van der Waals surface area contributed by atoms with Crippen molar-refractivity contribution < 1.29 is 14.3 Å². The molecule has 1 aromatic heterocycles. The number of rotatable bonds is 4. The van der Waals surface area contributed by atoms with E-state index in [1.165, 1.54) is 6.92 Å².